The number of aliphatic hydroxyl groups excluding tert-OH is 1. The fraction of sp³-hybridized carbons (Fsp3) is 0.588. The van der Waals surface area contributed by atoms with Crippen molar-refractivity contribution in [2.75, 3.05) is 20.3 Å². The number of carbonyl (C=O) groups excluding carboxylic acids is 1. The third-order valence-electron chi connectivity index (χ3n) is 4.06. The first-order valence-electron chi connectivity index (χ1n) is 7.60. The molecule has 0 fully saturated rings. The molecule has 5 nitrogen and oxygen atoms in total. The number of hydrogen-bond acceptors (Lipinski definition) is 3. The summed E-state index contributed by atoms with van der Waals surface area (Å²) < 4.78 is 5.16. The van der Waals surface area contributed by atoms with Gasteiger partial charge in [-0.3, -0.25) is 0 Å². The SMILES string of the molecule is COc1ccc(C(C)(C)CNC(=O)NC(C)C(C)CO)cc1. The lowest BCUT2D eigenvalue weighted by molar-refractivity contribution is 0.199. The Hall–Kier alpha value is -1.75. The average molecular weight is 308 g/mol. The largest absolute Gasteiger partial charge is 0.497 e. The van der Waals surface area contributed by atoms with Crippen molar-refractivity contribution in [2.45, 2.75) is 39.2 Å². The molecule has 0 aromatic heterocycles. The first-order chi connectivity index (χ1) is 10.3. The van der Waals surface area contributed by atoms with Crippen molar-refractivity contribution < 1.29 is 14.6 Å². The van der Waals surface area contributed by atoms with Crippen LogP contribution in [0, 0.1) is 5.92 Å². The Balaban J connectivity index is 2.55. The van der Waals surface area contributed by atoms with E-state index in [0.29, 0.717) is 6.54 Å². The van der Waals surface area contributed by atoms with E-state index in [2.05, 4.69) is 24.5 Å². The topological polar surface area (TPSA) is 70.6 Å². The van der Waals surface area contributed by atoms with E-state index in [1.54, 1.807) is 7.11 Å². The van der Waals surface area contributed by atoms with Crippen molar-refractivity contribution >= 4 is 6.03 Å². The van der Waals surface area contributed by atoms with Gasteiger partial charge in [0.05, 0.1) is 7.11 Å². The van der Waals surface area contributed by atoms with E-state index in [0.717, 1.165) is 11.3 Å². The van der Waals surface area contributed by atoms with Crippen LogP contribution in [0.1, 0.15) is 33.3 Å². The summed E-state index contributed by atoms with van der Waals surface area (Å²) in [6.45, 7) is 8.51. The molecule has 0 bridgehead atoms. The molecule has 1 rings (SSSR count). The van der Waals surface area contributed by atoms with Crippen molar-refractivity contribution in [1.82, 2.24) is 10.6 Å². The minimum Gasteiger partial charge on any atom is -0.497 e. The number of rotatable bonds is 7. The fourth-order valence-corrected chi connectivity index (χ4v) is 2.00. The minimum atomic E-state index is -0.214. The Kier molecular flexibility index (Phi) is 6.68. The Labute approximate surface area is 133 Å². The summed E-state index contributed by atoms with van der Waals surface area (Å²) in [6, 6.07) is 7.57. The van der Waals surface area contributed by atoms with Gasteiger partial charge in [-0.25, -0.2) is 4.79 Å². The van der Waals surface area contributed by atoms with Crippen LogP contribution < -0.4 is 15.4 Å². The van der Waals surface area contributed by atoms with Gasteiger partial charge in [0.15, 0.2) is 0 Å². The van der Waals surface area contributed by atoms with Crippen LogP contribution in [0.4, 0.5) is 4.79 Å². The predicted molar refractivity (Wildman–Crippen MR) is 88.3 cm³/mol. The summed E-state index contributed by atoms with van der Waals surface area (Å²) in [5.41, 5.74) is 0.945. The number of urea groups is 1. The Morgan fingerprint density at radius 3 is 2.36 bits per heavy atom. The zero-order chi connectivity index (χ0) is 16.8. The van der Waals surface area contributed by atoms with Gasteiger partial charge in [0.2, 0.25) is 0 Å². The maximum Gasteiger partial charge on any atom is 0.315 e. The molecule has 2 unspecified atom stereocenters. The number of aliphatic hydroxyl groups is 1. The number of hydrogen-bond donors (Lipinski definition) is 3. The van der Waals surface area contributed by atoms with Crippen LogP contribution in [0.5, 0.6) is 5.75 Å². The molecule has 22 heavy (non-hydrogen) atoms. The molecule has 0 saturated heterocycles. The number of ether oxygens (including phenoxy) is 1. The number of nitrogens with one attached hydrogen (secondary N) is 2. The highest BCUT2D eigenvalue weighted by molar-refractivity contribution is 5.74. The van der Waals surface area contributed by atoms with E-state index in [4.69, 9.17) is 9.84 Å². The predicted octanol–water partition coefficient (Wildman–Crippen LogP) is 2.29. The highest BCUT2D eigenvalue weighted by Crippen LogP contribution is 2.24. The van der Waals surface area contributed by atoms with E-state index >= 15 is 0 Å². The lowest BCUT2D eigenvalue weighted by atomic mass is 9.84. The van der Waals surface area contributed by atoms with Crippen LogP contribution in [-0.2, 0) is 5.41 Å². The van der Waals surface area contributed by atoms with Gasteiger partial charge in [-0.1, -0.05) is 32.9 Å². The van der Waals surface area contributed by atoms with Crippen LogP contribution in [-0.4, -0.2) is 37.4 Å². The number of methoxy groups -OCH3 is 1. The van der Waals surface area contributed by atoms with Crippen molar-refractivity contribution in [3.8, 4) is 5.75 Å². The van der Waals surface area contributed by atoms with E-state index < -0.39 is 0 Å². The first-order valence-corrected chi connectivity index (χ1v) is 7.60. The van der Waals surface area contributed by atoms with Gasteiger partial charge in [-0.15, -0.1) is 0 Å². The smallest absolute Gasteiger partial charge is 0.315 e. The summed E-state index contributed by atoms with van der Waals surface area (Å²) >= 11 is 0. The van der Waals surface area contributed by atoms with Crippen molar-refractivity contribution in [3.63, 3.8) is 0 Å². The molecule has 5 heteroatoms. The van der Waals surface area contributed by atoms with E-state index in [1.807, 2.05) is 38.1 Å². The van der Waals surface area contributed by atoms with Gasteiger partial charge in [0.1, 0.15) is 5.75 Å². The molecule has 2 amide bonds. The molecule has 0 aliphatic rings. The van der Waals surface area contributed by atoms with Gasteiger partial charge in [-0.05, 0) is 30.5 Å². The normalized spacial score (nSPS) is 14.1. The molecule has 0 aliphatic carbocycles. The van der Waals surface area contributed by atoms with Gasteiger partial charge in [0, 0.05) is 24.6 Å². The second kappa shape index (κ2) is 8.03. The maximum absolute atomic E-state index is 11.9. The van der Waals surface area contributed by atoms with Crippen LogP contribution >= 0.6 is 0 Å². The van der Waals surface area contributed by atoms with E-state index in [1.165, 1.54) is 0 Å². The van der Waals surface area contributed by atoms with Crippen LogP contribution in [0.25, 0.3) is 0 Å². The molecule has 2 atom stereocenters. The average Bonchev–Trinajstić information content (AvgIpc) is 2.52. The highest BCUT2D eigenvalue weighted by atomic mass is 16.5. The Morgan fingerprint density at radius 1 is 1.27 bits per heavy atom. The molecule has 0 saturated carbocycles. The summed E-state index contributed by atoms with van der Waals surface area (Å²) in [5.74, 6) is 0.845. The molecule has 3 N–H and O–H groups in total. The van der Waals surface area contributed by atoms with Gasteiger partial charge in [-0.2, -0.15) is 0 Å². The second-order valence-corrected chi connectivity index (χ2v) is 6.39. The van der Waals surface area contributed by atoms with Crippen molar-refractivity contribution in [2.24, 2.45) is 5.92 Å². The van der Waals surface area contributed by atoms with Crippen molar-refractivity contribution in [1.29, 1.82) is 0 Å². The summed E-state index contributed by atoms with van der Waals surface area (Å²) in [5, 5.41) is 14.8. The standard InChI is InChI=1S/C17H28N2O3/c1-12(10-20)13(2)19-16(21)18-11-17(3,4)14-6-8-15(22-5)9-7-14/h6-9,12-13,20H,10-11H2,1-5H3,(H2,18,19,21). The van der Waals surface area contributed by atoms with Gasteiger partial charge < -0.3 is 20.5 Å². The monoisotopic (exact) mass is 308 g/mol. The Bertz CT molecular complexity index is 471. The third-order valence-corrected chi connectivity index (χ3v) is 4.06. The van der Waals surface area contributed by atoms with Crippen LogP contribution in [0.3, 0.4) is 0 Å². The lowest BCUT2D eigenvalue weighted by Crippen LogP contribution is -2.47. The summed E-state index contributed by atoms with van der Waals surface area (Å²) in [7, 11) is 1.64. The zero-order valence-corrected chi connectivity index (χ0v) is 14.1. The van der Waals surface area contributed by atoms with E-state index in [-0.39, 0.29) is 30.0 Å². The Morgan fingerprint density at radius 2 is 1.86 bits per heavy atom. The fourth-order valence-electron chi connectivity index (χ4n) is 2.00. The molecule has 0 radical (unpaired) electrons. The van der Waals surface area contributed by atoms with Gasteiger partial charge >= 0.3 is 6.03 Å². The number of amides is 2. The maximum atomic E-state index is 11.9. The third kappa shape index (κ3) is 5.22. The molecule has 0 spiro atoms. The number of benzene rings is 1. The van der Waals surface area contributed by atoms with Crippen LogP contribution in [0.2, 0.25) is 0 Å². The minimum absolute atomic E-state index is 0.0281. The second-order valence-electron chi connectivity index (χ2n) is 6.39. The van der Waals surface area contributed by atoms with Crippen molar-refractivity contribution in [3.05, 3.63) is 29.8 Å². The van der Waals surface area contributed by atoms with E-state index in [9.17, 15) is 4.79 Å². The molecule has 1 aromatic rings. The summed E-state index contributed by atoms with van der Waals surface area (Å²) in [4.78, 5) is 11.9. The number of carbonyl (C=O) groups is 1. The molecule has 1 aromatic carbocycles. The van der Waals surface area contributed by atoms with Crippen LogP contribution in [0.15, 0.2) is 24.3 Å². The molecular weight excluding hydrogens is 280 g/mol. The molecule has 0 aliphatic heterocycles. The quantitative estimate of drug-likeness (QED) is 0.724. The summed E-state index contributed by atoms with van der Waals surface area (Å²) in [6.07, 6.45) is 0. The molecule has 0 heterocycles. The lowest BCUT2D eigenvalue weighted by Gasteiger charge is -2.27. The zero-order valence-electron chi connectivity index (χ0n) is 14.1. The molecular formula is C17H28N2O3. The molecule has 124 valence electrons. The van der Waals surface area contributed by atoms with Gasteiger partial charge in [0.25, 0.3) is 0 Å². The highest BCUT2D eigenvalue weighted by Gasteiger charge is 2.22. The first kappa shape index (κ1) is 18.3.